The van der Waals surface area contributed by atoms with Crippen LogP contribution in [0.15, 0.2) is 97.1 Å². The van der Waals surface area contributed by atoms with E-state index >= 15 is 0 Å². The lowest BCUT2D eigenvalue weighted by Crippen LogP contribution is -2.66. The lowest BCUT2D eigenvalue weighted by Gasteiger charge is -2.44. The molecule has 6 rings (SSSR count). The van der Waals surface area contributed by atoms with Crippen molar-refractivity contribution >= 4 is 18.1 Å². The van der Waals surface area contributed by atoms with Gasteiger partial charge in [0.05, 0.1) is 13.0 Å². The number of imide groups is 1. The van der Waals surface area contributed by atoms with Gasteiger partial charge in [-0.25, -0.2) is 4.79 Å². The van der Waals surface area contributed by atoms with Gasteiger partial charge in [0.2, 0.25) is 0 Å². The smallest absolute Gasteiger partial charge is 0.468 e. The Hall–Kier alpha value is -4.95. The average Bonchev–Trinajstić information content (AvgIpc) is 3.68. The monoisotopic (exact) mass is 745 g/mol. The molecule has 1 aliphatic heterocycles. The molecule has 0 radical (unpaired) electrons. The standard InChI is InChI=1S/C47H56N2O6/c1-46(2,3)37-22-25-38(26-23-37)54-39-24-21-36-27-28-49(45(52)55-47(4,5)6,42(40(36)30-39)29-32-13-11-12-14-32)44(51)48-31-41(43(50)53-7)35-19-17-34(18-20-35)33-15-9-8-10-16-33/h8-10,15-26,30,32,41-42H,11-14,27-29,31H2,1-7H3/p+1/t41?,42-,49?/m0/s1. The van der Waals surface area contributed by atoms with Crippen molar-refractivity contribution in [2.24, 2.45) is 5.92 Å². The highest BCUT2D eigenvalue weighted by atomic mass is 16.6. The lowest BCUT2D eigenvalue weighted by molar-refractivity contribution is -0.816. The van der Waals surface area contributed by atoms with Crippen molar-refractivity contribution < 1.29 is 33.1 Å². The highest BCUT2D eigenvalue weighted by Crippen LogP contribution is 2.46. The maximum atomic E-state index is 15.0. The number of ether oxygens (including phenoxy) is 3. The largest absolute Gasteiger partial charge is 0.526 e. The van der Waals surface area contributed by atoms with Crippen molar-refractivity contribution in [1.82, 2.24) is 5.32 Å². The summed E-state index contributed by atoms with van der Waals surface area (Å²) in [6.45, 7) is 12.2. The summed E-state index contributed by atoms with van der Waals surface area (Å²) in [7, 11) is 1.35. The fourth-order valence-corrected chi connectivity index (χ4v) is 8.13. The number of carbonyl (C=O) groups is 3. The summed E-state index contributed by atoms with van der Waals surface area (Å²) in [6, 6.07) is 30.9. The van der Waals surface area contributed by atoms with Gasteiger partial charge in [0, 0.05) is 24.9 Å². The molecule has 1 fully saturated rings. The molecule has 2 aliphatic rings. The number of carbonyl (C=O) groups excluding carboxylic acids is 3. The number of nitrogens with one attached hydrogen (secondary N) is 1. The molecule has 0 aromatic heterocycles. The number of urea groups is 1. The number of esters is 1. The predicted molar refractivity (Wildman–Crippen MR) is 216 cm³/mol. The predicted octanol–water partition coefficient (Wildman–Crippen LogP) is 11.0. The molecule has 3 atom stereocenters. The Morgan fingerprint density at radius 2 is 1.44 bits per heavy atom. The zero-order valence-electron chi connectivity index (χ0n) is 33.5. The third-order valence-corrected chi connectivity index (χ3v) is 11.2. The highest BCUT2D eigenvalue weighted by Gasteiger charge is 2.57. The summed E-state index contributed by atoms with van der Waals surface area (Å²) in [5, 5.41) is 3.08. The summed E-state index contributed by atoms with van der Waals surface area (Å²) < 4.78 is 17.3. The third kappa shape index (κ3) is 9.13. The second kappa shape index (κ2) is 16.4. The number of amides is 3. The number of quaternary nitrogens is 1. The molecular weight excluding hydrogens is 689 g/mol. The normalized spacial score (nSPS) is 19.2. The van der Waals surface area contributed by atoms with Gasteiger partial charge in [0.25, 0.3) is 0 Å². The number of fused-ring (bicyclic) bond motifs is 1. The number of methoxy groups -OCH3 is 1. The number of rotatable bonds is 9. The van der Waals surface area contributed by atoms with Gasteiger partial charge in [-0.1, -0.05) is 119 Å². The van der Waals surface area contributed by atoms with Crippen molar-refractivity contribution in [3.63, 3.8) is 0 Å². The van der Waals surface area contributed by atoms with E-state index in [0.717, 1.165) is 47.9 Å². The van der Waals surface area contributed by atoms with Gasteiger partial charge in [0.15, 0.2) is 0 Å². The van der Waals surface area contributed by atoms with Crippen LogP contribution in [0.1, 0.15) is 108 Å². The van der Waals surface area contributed by atoms with Crippen LogP contribution in [0.25, 0.3) is 11.1 Å². The van der Waals surface area contributed by atoms with Crippen molar-refractivity contribution in [3.05, 3.63) is 119 Å². The molecule has 4 aromatic carbocycles. The van der Waals surface area contributed by atoms with Crippen molar-refractivity contribution in [3.8, 4) is 22.6 Å². The molecule has 1 saturated carbocycles. The molecule has 1 aliphatic carbocycles. The Balaban J connectivity index is 1.35. The zero-order chi connectivity index (χ0) is 39.4. The van der Waals surface area contributed by atoms with Crippen LogP contribution in [0.5, 0.6) is 11.5 Å². The Labute approximate surface area is 326 Å². The van der Waals surface area contributed by atoms with Gasteiger partial charge in [-0.05, 0) is 84.2 Å². The van der Waals surface area contributed by atoms with Gasteiger partial charge < -0.3 is 19.5 Å². The SMILES string of the molecule is COC(=O)C(CNC(=O)[N+]1(C(=O)OC(C)(C)C)CCc2ccc(Oc3ccc(C(C)(C)C)cc3)cc2[C@@H]1CC1CCCC1)c1ccc(-c2ccccc2)cc1. The van der Waals surface area contributed by atoms with Crippen LogP contribution < -0.4 is 10.1 Å². The van der Waals surface area contributed by atoms with E-state index in [9.17, 15) is 14.4 Å². The summed E-state index contributed by atoms with van der Waals surface area (Å²) in [5.74, 6) is 0.456. The highest BCUT2D eigenvalue weighted by molar-refractivity contribution is 5.83. The Morgan fingerprint density at radius 3 is 2.05 bits per heavy atom. The van der Waals surface area contributed by atoms with Crippen molar-refractivity contribution in [1.29, 1.82) is 0 Å². The summed E-state index contributed by atoms with van der Waals surface area (Å²) in [4.78, 5) is 43.0. The minimum atomic E-state index is -0.833. The van der Waals surface area contributed by atoms with E-state index in [-0.39, 0.29) is 18.5 Å². The van der Waals surface area contributed by atoms with E-state index in [2.05, 4.69) is 44.3 Å². The maximum absolute atomic E-state index is 15.0. The van der Waals surface area contributed by atoms with E-state index < -0.39 is 40.1 Å². The van der Waals surface area contributed by atoms with Gasteiger partial charge >= 0.3 is 18.1 Å². The maximum Gasteiger partial charge on any atom is 0.526 e. The quantitative estimate of drug-likeness (QED) is 0.135. The fraction of sp³-hybridized carbons (Fsp3) is 0.426. The Kier molecular flexibility index (Phi) is 11.9. The average molecular weight is 746 g/mol. The zero-order valence-corrected chi connectivity index (χ0v) is 33.5. The molecule has 8 nitrogen and oxygen atoms in total. The molecule has 3 amide bonds. The molecule has 0 bridgehead atoms. The van der Waals surface area contributed by atoms with E-state index in [1.807, 2.05) is 99.6 Å². The fourth-order valence-electron chi connectivity index (χ4n) is 8.13. The van der Waals surface area contributed by atoms with Crippen molar-refractivity contribution in [2.45, 2.75) is 103 Å². The van der Waals surface area contributed by atoms with E-state index in [0.29, 0.717) is 35.8 Å². The first kappa shape index (κ1) is 39.7. The minimum Gasteiger partial charge on any atom is -0.468 e. The van der Waals surface area contributed by atoms with Crippen LogP contribution in [-0.4, -0.2) is 48.4 Å². The summed E-state index contributed by atoms with van der Waals surface area (Å²) >= 11 is 0. The van der Waals surface area contributed by atoms with Gasteiger partial charge in [-0.2, -0.15) is 4.79 Å². The number of benzene rings is 4. The molecule has 4 aromatic rings. The third-order valence-electron chi connectivity index (χ3n) is 11.2. The van der Waals surface area contributed by atoms with Crippen LogP contribution in [0.2, 0.25) is 0 Å². The van der Waals surface area contributed by atoms with Crippen LogP contribution in [0.4, 0.5) is 9.59 Å². The number of hydrogen-bond donors (Lipinski definition) is 1. The van der Waals surface area contributed by atoms with Gasteiger partial charge in [0.1, 0.15) is 29.7 Å². The molecule has 0 spiro atoms. The second-order valence-corrected chi connectivity index (χ2v) is 17.2. The molecular formula is C47H57N2O6+. The number of hydrogen-bond acceptors (Lipinski definition) is 6. The van der Waals surface area contributed by atoms with Gasteiger partial charge in [-0.15, -0.1) is 4.48 Å². The molecule has 1 N–H and O–H groups in total. The first-order valence-corrected chi connectivity index (χ1v) is 19.7. The van der Waals surface area contributed by atoms with Crippen molar-refractivity contribution in [2.75, 3.05) is 20.2 Å². The number of nitrogens with zero attached hydrogens (tertiary/aromatic N) is 1. The van der Waals surface area contributed by atoms with Gasteiger partial charge in [-0.3, -0.25) is 4.79 Å². The molecule has 0 saturated heterocycles. The van der Waals surface area contributed by atoms with E-state index in [4.69, 9.17) is 14.2 Å². The molecule has 290 valence electrons. The Bertz CT molecular complexity index is 1950. The second-order valence-electron chi connectivity index (χ2n) is 17.2. The Morgan fingerprint density at radius 1 is 0.800 bits per heavy atom. The lowest BCUT2D eigenvalue weighted by atomic mass is 9.84. The van der Waals surface area contributed by atoms with Crippen LogP contribution in [-0.2, 0) is 26.1 Å². The topological polar surface area (TPSA) is 90.9 Å². The minimum absolute atomic E-state index is 0.0190. The molecule has 55 heavy (non-hydrogen) atoms. The van der Waals surface area contributed by atoms with Crippen LogP contribution in [0.3, 0.4) is 0 Å². The molecule has 2 unspecified atom stereocenters. The molecule has 1 heterocycles. The van der Waals surface area contributed by atoms with E-state index in [1.54, 1.807) is 0 Å². The van der Waals surface area contributed by atoms with Crippen LogP contribution >= 0.6 is 0 Å². The first-order chi connectivity index (χ1) is 26.2. The molecule has 8 heteroatoms. The van der Waals surface area contributed by atoms with Crippen LogP contribution in [0, 0.1) is 5.92 Å². The summed E-state index contributed by atoms with van der Waals surface area (Å²) in [6.07, 6.45) is 4.88. The summed E-state index contributed by atoms with van der Waals surface area (Å²) in [5.41, 5.74) is 5.19. The van der Waals surface area contributed by atoms with E-state index in [1.165, 1.54) is 12.7 Å². The first-order valence-electron chi connectivity index (χ1n) is 19.7.